The van der Waals surface area contributed by atoms with Crippen molar-refractivity contribution in [2.75, 3.05) is 5.32 Å². The maximum atomic E-state index is 12.2. The van der Waals surface area contributed by atoms with Crippen LogP contribution < -0.4 is 5.32 Å². The van der Waals surface area contributed by atoms with E-state index in [1.165, 1.54) is 10.9 Å². The lowest BCUT2D eigenvalue weighted by atomic mass is 10.1. The fourth-order valence-corrected chi connectivity index (χ4v) is 1.81. The second kappa shape index (κ2) is 5.74. The predicted octanol–water partition coefficient (Wildman–Crippen LogP) is 1.79. The third-order valence-corrected chi connectivity index (χ3v) is 3.37. The molecule has 0 spiro atoms. The fourth-order valence-electron chi connectivity index (χ4n) is 1.81. The van der Waals surface area contributed by atoms with Crippen molar-refractivity contribution in [2.45, 2.75) is 26.8 Å². The van der Waals surface area contributed by atoms with Crippen LogP contribution in [-0.2, 0) is 4.79 Å². The summed E-state index contributed by atoms with van der Waals surface area (Å²) < 4.78 is 1.23. The van der Waals surface area contributed by atoms with Gasteiger partial charge in [0.1, 0.15) is 6.04 Å². The predicted molar refractivity (Wildman–Crippen MR) is 76.2 cm³/mol. The van der Waals surface area contributed by atoms with E-state index in [4.69, 9.17) is 5.11 Å². The van der Waals surface area contributed by atoms with Gasteiger partial charge in [-0.3, -0.25) is 4.79 Å². The second-order valence-corrected chi connectivity index (χ2v) is 4.80. The van der Waals surface area contributed by atoms with Gasteiger partial charge in [-0.1, -0.05) is 17.3 Å². The summed E-state index contributed by atoms with van der Waals surface area (Å²) in [5, 5.41) is 18.8. The number of aromatic nitrogens is 3. The van der Waals surface area contributed by atoms with Crippen molar-refractivity contribution in [1.29, 1.82) is 0 Å². The molecule has 1 aromatic heterocycles. The first-order valence-corrected chi connectivity index (χ1v) is 6.42. The highest BCUT2D eigenvalue weighted by Gasteiger charge is 2.19. The van der Waals surface area contributed by atoms with Crippen LogP contribution in [0.2, 0.25) is 0 Å². The molecule has 0 aliphatic carbocycles. The van der Waals surface area contributed by atoms with Gasteiger partial charge in [-0.05, 0) is 38.0 Å². The first kappa shape index (κ1) is 14.7. The summed E-state index contributed by atoms with van der Waals surface area (Å²) in [5.74, 6) is -1.46. The van der Waals surface area contributed by atoms with Crippen molar-refractivity contribution in [2.24, 2.45) is 0 Å². The van der Waals surface area contributed by atoms with Crippen LogP contribution in [0.25, 0.3) is 0 Å². The highest BCUT2D eigenvalue weighted by atomic mass is 16.4. The van der Waals surface area contributed by atoms with E-state index in [1.54, 1.807) is 6.92 Å². The van der Waals surface area contributed by atoms with Gasteiger partial charge in [0.15, 0.2) is 5.69 Å². The molecule has 21 heavy (non-hydrogen) atoms. The van der Waals surface area contributed by atoms with Gasteiger partial charge in [0.2, 0.25) is 5.91 Å². The third-order valence-electron chi connectivity index (χ3n) is 3.37. The zero-order valence-electron chi connectivity index (χ0n) is 12.0. The van der Waals surface area contributed by atoms with Gasteiger partial charge >= 0.3 is 5.97 Å². The van der Waals surface area contributed by atoms with Crippen molar-refractivity contribution in [3.63, 3.8) is 0 Å². The van der Waals surface area contributed by atoms with E-state index in [9.17, 15) is 9.59 Å². The maximum absolute atomic E-state index is 12.2. The number of amides is 1. The molecule has 7 heteroatoms. The van der Waals surface area contributed by atoms with Gasteiger partial charge in [-0.15, -0.1) is 5.10 Å². The number of aryl methyl sites for hydroxylation is 1. The standard InChI is InChI=1S/C14H16N4O3/c1-8-5-4-6-11(9(8)2)15-13(19)10(3)18-7-12(14(20)21)16-17-18/h4-7,10H,1-3H3,(H,15,19)(H,20,21). The Labute approximate surface area is 121 Å². The Kier molecular flexibility index (Phi) is 4.02. The molecule has 2 rings (SSSR count). The zero-order valence-corrected chi connectivity index (χ0v) is 12.0. The molecule has 0 aliphatic heterocycles. The van der Waals surface area contributed by atoms with E-state index in [0.717, 1.165) is 16.8 Å². The summed E-state index contributed by atoms with van der Waals surface area (Å²) in [5.41, 5.74) is 2.60. The summed E-state index contributed by atoms with van der Waals surface area (Å²) in [6.07, 6.45) is 1.23. The van der Waals surface area contributed by atoms with Gasteiger partial charge in [-0.25, -0.2) is 9.48 Å². The number of carboxylic acid groups (broad SMARTS) is 1. The molecule has 0 saturated carbocycles. The lowest BCUT2D eigenvalue weighted by molar-refractivity contribution is -0.119. The molecule has 1 heterocycles. The first-order chi connectivity index (χ1) is 9.90. The Morgan fingerprint density at radius 1 is 1.33 bits per heavy atom. The topological polar surface area (TPSA) is 97.1 Å². The van der Waals surface area contributed by atoms with Crippen LogP contribution >= 0.6 is 0 Å². The van der Waals surface area contributed by atoms with Crippen LogP contribution in [0, 0.1) is 13.8 Å². The molecule has 0 radical (unpaired) electrons. The molecule has 0 fully saturated rings. The number of aromatic carboxylic acids is 1. The molecule has 0 aliphatic rings. The molecule has 7 nitrogen and oxygen atoms in total. The number of rotatable bonds is 4. The van der Waals surface area contributed by atoms with Crippen molar-refractivity contribution in [3.8, 4) is 0 Å². The largest absolute Gasteiger partial charge is 0.476 e. The summed E-state index contributed by atoms with van der Waals surface area (Å²) in [6, 6.07) is 4.98. The van der Waals surface area contributed by atoms with E-state index in [2.05, 4.69) is 15.6 Å². The molecular weight excluding hydrogens is 272 g/mol. The molecule has 1 amide bonds. The minimum atomic E-state index is -1.18. The Morgan fingerprint density at radius 3 is 2.67 bits per heavy atom. The molecule has 0 bridgehead atoms. The number of carbonyl (C=O) groups is 2. The van der Waals surface area contributed by atoms with Gasteiger partial charge in [0.25, 0.3) is 0 Å². The molecular formula is C14H16N4O3. The summed E-state index contributed by atoms with van der Waals surface area (Å²) in [7, 11) is 0. The minimum Gasteiger partial charge on any atom is -0.476 e. The number of hydrogen-bond acceptors (Lipinski definition) is 4. The summed E-state index contributed by atoms with van der Waals surface area (Å²) in [4.78, 5) is 23.0. The van der Waals surface area contributed by atoms with Crippen LogP contribution in [0.15, 0.2) is 24.4 Å². The van der Waals surface area contributed by atoms with Gasteiger partial charge in [0, 0.05) is 5.69 Å². The Balaban J connectivity index is 2.15. The van der Waals surface area contributed by atoms with Crippen molar-refractivity contribution < 1.29 is 14.7 Å². The highest BCUT2D eigenvalue weighted by Crippen LogP contribution is 2.19. The smallest absolute Gasteiger partial charge is 0.358 e. The Bertz CT molecular complexity index is 693. The Morgan fingerprint density at radius 2 is 2.05 bits per heavy atom. The fraction of sp³-hybridized carbons (Fsp3) is 0.286. The van der Waals surface area contributed by atoms with E-state index in [0.29, 0.717) is 0 Å². The summed E-state index contributed by atoms with van der Waals surface area (Å²) in [6.45, 7) is 5.51. The maximum Gasteiger partial charge on any atom is 0.358 e. The number of benzene rings is 1. The van der Waals surface area contributed by atoms with Gasteiger partial charge in [0.05, 0.1) is 6.20 Å². The van der Waals surface area contributed by atoms with E-state index < -0.39 is 12.0 Å². The lowest BCUT2D eigenvalue weighted by Crippen LogP contribution is -2.24. The molecule has 1 aromatic carbocycles. The number of hydrogen-bond donors (Lipinski definition) is 2. The van der Waals surface area contributed by atoms with Crippen molar-refractivity contribution in [3.05, 3.63) is 41.2 Å². The van der Waals surface area contributed by atoms with Crippen LogP contribution in [0.5, 0.6) is 0 Å². The lowest BCUT2D eigenvalue weighted by Gasteiger charge is -2.14. The first-order valence-electron chi connectivity index (χ1n) is 6.42. The average Bonchev–Trinajstić information content (AvgIpc) is 2.93. The molecule has 0 saturated heterocycles. The third kappa shape index (κ3) is 3.07. The number of anilines is 1. The number of nitrogens with zero attached hydrogens (tertiary/aromatic N) is 3. The molecule has 2 N–H and O–H groups in total. The molecule has 1 unspecified atom stereocenters. The monoisotopic (exact) mass is 288 g/mol. The normalized spacial score (nSPS) is 12.0. The SMILES string of the molecule is Cc1cccc(NC(=O)C(C)n2cc(C(=O)O)nn2)c1C. The Hall–Kier alpha value is -2.70. The van der Waals surface area contributed by atoms with Crippen LogP contribution in [0.4, 0.5) is 5.69 Å². The van der Waals surface area contributed by atoms with E-state index >= 15 is 0 Å². The second-order valence-electron chi connectivity index (χ2n) is 4.80. The molecule has 110 valence electrons. The van der Waals surface area contributed by atoms with Crippen LogP contribution in [-0.4, -0.2) is 32.0 Å². The van der Waals surface area contributed by atoms with Crippen LogP contribution in [0.3, 0.4) is 0 Å². The minimum absolute atomic E-state index is 0.193. The van der Waals surface area contributed by atoms with E-state index in [-0.39, 0.29) is 11.6 Å². The number of nitrogens with one attached hydrogen (secondary N) is 1. The number of carbonyl (C=O) groups excluding carboxylic acids is 1. The van der Waals surface area contributed by atoms with E-state index in [1.807, 2.05) is 32.0 Å². The average molecular weight is 288 g/mol. The van der Waals surface area contributed by atoms with Crippen molar-refractivity contribution >= 4 is 17.6 Å². The van der Waals surface area contributed by atoms with Crippen molar-refractivity contribution in [1.82, 2.24) is 15.0 Å². The highest BCUT2D eigenvalue weighted by molar-refractivity contribution is 5.94. The molecule has 2 aromatic rings. The quantitative estimate of drug-likeness (QED) is 0.894. The zero-order chi connectivity index (χ0) is 15.6. The molecule has 1 atom stereocenters. The number of carboxylic acids is 1. The summed E-state index contributed by atoms with van der Waals surface area (Å²) >= 11 is 0. The van der Waals surface area contributed by atoms with Crippen LogP contribution in [0.1, 0.15) is 34.6 Å². The van der Waals surface area contributed by atoms with Gasteiger partial charge < -0.3 is 10.4 Å². The van der Waals surface area contributed by atoms with Gasteiger partial charge in [-0.2, -0.15) is 0 Å².